The lowest BCUT2D eigenvalue weighted by Crippen LogP contribution is -2.10. The van der Waals surface area contributed by atoms with E-state index in [0.29, 0.717) is 10.7 Å². The number of hydrogen-bond acceptors (Lipinski definition) is 4. The molecule has 0 aliphatic heterocycles. The van der Waals surface area contributed by atoms with E-state index in [-0.39, 0.29) is 5.91 Å². The fourth-order valence-electron chi connectivity index (χ4n) is 2.11. The first kappa shape index (κ1) is 11.4. The molecule has 1 amide bonds. The van der Waals surface area contributed by atoms with E-state index >= 15 is 0 Å². The number of rotatable bonds is 2. The van der Waals surface area contributed by atoms with Gasteiger partial charge in [0.2, 0.25) is 0 Å². The van der Waals surface area contributed by atoms with Crippen LogP contribution in [0.2, 0.25) is 0 Å². The summed E-state index contributed by atoms with van der Waals surface area (Å²) < 4.78 is 1.61. The van der Waals surface area contributed by atoms with Crippen molar-refractivity contribution in [3.63, 3.8) is 0 Å². The van der Waals surface area contributed by atoms with Crippen molar-refractivity contribution in [3.05, 3.63) is 28.5 Å². The Morgan fingerprint density at radius 3 is 3.00 bits per heavy atom. The van der Waals surface area contributed by atoms with Crippen LogP contribution < -0.4 is 5.32 Å². The summed E-state index contributed by atoms with van der Waals surface area (Å²) in [6, 6.07) is 0. The zero-order valence-electron chi connectivity index (χ0n) is 10.1. The second-order valence-corrected chi connectivity index (χ2v) is 5.54. The van der Waals surface area contributed by atoms with Crippen LogP contribution in [-0.4, -0.2) is 20.7 Å². The van der Waals surface area contributed by atoms with Crippen LogP contribution in [0, 0.1) is 0 Å². The number of aryl methyl sites for hydroxylation is 3. The van der Waals surface area contributed by atoms with Gasteiger partial charge in [-0.15, -0.1) is 11.3 Å². The zero-order valence-corrected chi connectivity index (χ0v) is 11.0. The molecule has 1 aliphatic rings. The number of nitrogens with zero attached hydrogens (tertiary/aromatic N) is 3. The van der Waals surface area contributed by atoms with Crippen LogP contribution in [-0.2, 0) is 19.9 Å². The molecule has 0 saturated carbocycles. The number of thiazole rings is 1. The van der Waals surface area contributed by atoms with Crippen LogP contribution in [0.5, 0.6) is 0 Å². The van der Waals surface area contributed by atoms with E-state index in [2.05, 4.69) is 15.4 Å². The molecule has 2 heterocycles. The van der Waals surface area contributed by atoms with Gasteiger partial charge in [-0.05, 0) is 25.7 Å². The van der Waals surface area contributed by atoms with E-state index < -0.39 is 0 Å². The van der Waals surface area contributed by atoms with Crippen molar-refractivity contribution in [3.8, 4) is 0 Å². The number of hydrogen-bond donors (Lipinski definition) is 1. The van der Waals surface area contributed by atoms with Gasteiger partial charge in [-0.3, -0.25) is 14.8 Å². The van der Waals surface area contributed by atoms with E-state index in [1.54, 1.807) is 35.5 Å². The van der Waals surface area contributed by atoms with Crippen molar-refractivity contribution in [1.82, 2.24) is 14.8 Å². The topological polar surface area (TPSA) is 59.8 Å². The molecule has 6 heteroatoms. The Morgan fingerprint density at radius 2 is 2.28 bits per heavy atom. The minimum Gasteiger partial charge on any atom is -0.298 e. The van der Waals surface area contributed by atoms with Gasteiger partial charge in [0.05, 0.1) is 17.5 Å². The van der Waals surface area contributed by atoms with E-state index in [4.69, 9.17) is 0 Å². The summed E-state index contributed by atoms with van der Waals surface area (Å²) in [5.41, 5.74) is 1.72. The van der Waals surface area contributed by atoms with Gasteiger partial charge in [0.15, 0.2) is 5.13 Å². The summed E-state index contributed by atoms with van der Waals surface area (Å²) in [7, 11) is 1.79. The number of carbonyl (C=O) groups is 1. The van der Waals surface area contributed by atoms with Gasteiger partial charge in [0.1, 0.15) is 0 Å². The van der Waals surface area contributed by atoms with Crippen LogP contribution in [0.3, 0.4) is 0 Å². The van der Waals surface area contributed by atoms with Gasteiger partial charge in [-0.2, -0.15) is 5.10 Å². The van der Waals surface area contributed by atoms with E-state index in [1.165, 1.54) is 17.7 Å². The van der Waals surface area contributed by atoms with Gasteiger partial charge >= 0.3 is 0 Å². The molecule has 1 aliphatic carbocycles. The first-order valence-electron chi connectivity index (χ1n) is 6.01. The van der Waals surface area contributed by atoms with E-state index in [1.807, 2.05) is 0 Å². The predicted molar refractivity (Wildman–Crippen MR) is 69.9 cm³/mol. The molecule has 5 nitrogen and oxygen atoms in total. The van der Waals surface area contributed by atoms with Gasteiger partial charge in [0.25, 0.3) is 5.91 Å². The van der Waals surface area contributed by atoms with Crippen molar-refractivity contribution in [2.45, 2.75) is 25.7 Å². The highest BCUT2D eigenvalue weighted by molar-refractivity contribution is 7.15. The molecular formula is C12H14N4OS. The quantitative estimate of drug-likeness (QED) is 0.900. The molecule has 0 aromatic carbocycles. The van der Waals surface area contributed by atoms with Gasteiger partial charge in [-0.1, -0.05) is 0 Å². The molecule has 0 radical (unpaired) electrons. The first-order valence-corrected chi connectivity index (χ1v) is 6.82. The zero-order chi connectivity index (χ0) is 12.5. The standard InChI is InChI=1S/C12H14N4OS/c1-16-7-8(6-13-16)11(17)15-12-14-9-4-2-3-5-10(9)18-12/h6-7H,2-5H2,1H3,(H,14,15,17). The fourth-order valence-corrected chi connectivity index (χ4v) is 3.16. The average Bonchev–Trinajstić information content (AvgIpc) is 2.94. The van der Waals surface area contributed by atoms with E-state index in [0.717, 1.165) is 18.5 Å². The van der Waals surface area contributed by atoms with Crippen LogP contribution in [0.15, 0.2) is 12.4 Å². The Bertz CT molecular complexity index is 563. The maximum absolute atomic E-state index is 11.9. The number of aromatic nitrogens is 3. The third kappa shape index (κ3) is 2.15. The SMILES string of the molecule is Cn1cc(C(=O)Nc2nc3c(s2)CCCC3)cn1. The normalized spacial score (nSPS) is 14.3. The van der Waals surface area contributed by atoms with Crippen molar-refractivity contribution in [2.24, 2.45) is 7.05 Å². The number of amides is 1. The minimum atomic E-state index is -0.144. The third-order valence-corrected chi connectivity index (χ3v) is 4.11. The summed E-state index contributed by atoms with van der Waals surface area (Å²) in [6.45, 7) is 0. The molecular weight excluding hydrogens is 248 g/mol. The Labute approximate surface area is 109 Å². The molecule has 18 heavy (non-hydrogen) atoms. The summed E-state index contributed by atoms with van der Waals surface area (Å²) in [4.78, 5) is 17.7. The molecule has 2 aromatic heterocycles. The maximum Gasteiger partial charge on any atom is 0.260 e. The summed E-state index contributed by atoms with van der Waals surface area (Å²) in [5.74, 6) is -0.144. The lowest BCUT2D eigenvalue weighted by atomic mass is 10.0. The highest BCUT2D eigenvalue weighted by Gasteiger charge is 2.17. The Morgan fingerprint density at radius 1 is 1.44 bits per heavy atom. The highest BCUT2D eigenvalue weighted by Crippen LogP contribution is 2.29. The highest BCUT2D eigenvalue weighted by atomic mass is 32.1. The molecule has 0 unspecified atom stereocenters. The van der Waals surface area contributed by atoms with E-state index in [9.17, 15) is 4.79 Å². The third-order valence-electron chi connectivity index (χ3n) is 3.03. The summed E-state index contributed by atoms with van der Waals surface area (Å²) in [5, 5.41) is 7.53. The number of carbonyl (C=O) groups excluding carboxylic acids is 1. The second-order valence-electron chi connectivity index (χ2n) is 4.45. The van der Waals surface area contributed by atoms with Crippen molar-refractivity contribution in [1.29, 1.82) is 0 Å². The largest absolute Gasteiger partial charge is 0.298 e. The summed E-state index contributed by atoms with van der Waals surface area (Å²) in [6.07, 6.45) is 7.81. The Kier molecular flexibility index (Phi) is 2.87. The minimum absolute atomic E-state index is 0.144. The molecule has 0 saturated heterocycles. The molecule has 1 N–H and O–H groups in total. The average molecular weight is 262 g/mol. The molecule has 0 atom stereocenters. The number of fused-ring (bicyclic) bond motifs is 1. The van der Waals surface area contributed by atoms with Crippen LogP contribution in [0.4, 0.5) is 5.13 Å². The van der Waals surface area contributed by atoms with Crippen LogP contribution in [0.1, 0.15) is 33.8 Å². The van der Waals surface area contributed by atoms with Crippen molar-refractivity contribution >= 4 is 22.4 Å². The van der Waals surface area contributed by atoms with Gasteiger partial charge in [-0.25, -0.2) is 4.98 Å². The Balaban J connectivity index is 1.76. The van der Waals surface area contributed by atoms with Crippen molar-refractivity contribution < 1.29 is 4.79 Å². The second kappa shape index (κ2) is 4.53. The molecule has 94 valence electrons. The number of anilines is 1. The van der Waals surface area contributed by atoms with Gasteiger partial charge in [0, 0.05) is 18.1 Å². The Hall–Kier alpha value is -1.69. The maximum atomic E-state index is 11.9. The predicted octanol–water partition coefficient (Wildman–Crippen LogP) is 2.01. The fraction of sp³-hybridized carbons (Fsp3) is 0.417. The first-order chi connectivity index (χ1) is 8.72. The molecule has 3 rings (SSSR count). The smallest absolute Gasteiger partial charge is 0.260 e. The molecule has 0 fully saturated rings. The molecule has 0 bridgehead atoms. The molecule has 2 aromatic rings. The van der Waals surface area contributed by atoms with Crippen LogP contribution in [0.25, 0.3) is 0 Å². The number of nitrogens with one attached hydrogen (secondary N) is 1. The summed E-state index contributed by atoms with van der Waals surface area (Å²) >= 11 is 1.59. The lowest BCUT2D eigenvalue weighted by molar-refractivity contribution is 0.102. The monoisotopic (exact) mass is 262 g/mol. The lowest BCUT2D eigenvalue weighted by Gasteiger charge is -2.06. The van der Waals surface area contributed by atoms with Crippen molar-refractivity contribution in [2.75, 3.05) is 5.32 Å². The molecule has 0 spiro atoms. The van der Waals surface area contributed by atoms with Gasteiger partial charge < -0.3 is 0 Å². The van der Waals surface area contributed by atoms with Crippen LogP contribution >= 0.6 is 11.3 Å².